The molecule has 2 aromatic carbocycles. The van der Waals surface area contributed by atoms with Crippen molar-refractivity contribution >= 4 is 17.5 Å². The first-order valence-electron chi connectivity index (χ1n) is 6.73. The van der Waals surface area contributed by atoms with Crippen LogP contribution in [0.3, 0.4) is 0 Å². The van der Waals surface area contributed by atoms with Crippen LogP contribution in [0, 0.1) is 6.92 Å². The molecule has 0 radical (unpaired) electrons. The molecule has 0 heterocycles. The Balaban J connectivity index is 2.26. The number of halogens is 1. The summed E-state index contributed by atoms with van der Waals surface area (Å²) >= 11 is 6.22. The number of amides is 1. The molecular weight excluding hydrogens is 286 g/mol. The maximum absolute atomic E-state index is 12.6. The quantitative estimate of drug-likeness (QED) is 0.923. The number of rotatable bonds is 3. The van der Waals surface area contributed by atoms with Crippen LogP contribution in [0.4, 0.5) is 0 Å². The highest BCUT2D eigenvalue weighted by molar-refractivity contribution is 6.34. The molecule has 1 unspecified atom stereocenters. The number of aromatic hydroxyl groups is 1. The highest BCUT2D eigenvalue weighted by Gasteiger charge is 2.21. The molecule has 0 aromatic heterocycles. The highest BCUT2D eigenvalue weighted by Crippen LogP contribution is 2.26. The normalized spacial score (nSPS) is 12.0. The molecule has 2 aromatic rings. The minimum Gasteiger partial charge on any atom is -0.508 e. The summed E-state index contributed by atoms with van der Waals surface area (Å²) in [5.41, 5.74) is 2.34. The van der Waals surface area contributed by atoms with Gasteiger partial charge in [-0.3, -0.25) is 4.79 Å². The molecule has 0 spiro atoms. The van der Waals surface area contributed by atoms with E-state index in [9.17, 15) is 9.90 Å². The van der Waals surface area contributed by atoms with E-state index in [-0.39, 0.29) is 17.7 Å². The molecular formula is C17H18ClNO2. The fraction of sp³-hybridized carbons (Fsp3) is 0.235. The predicted octanol–water partition coefficient (Wildman–Crippen LogP) is 4.19. The second-order valence-corrected chi connectivity index (χ2v) is 5.50. The van der Waals surface area contributed by atoms with Crippen LogP contribution in [0.25, 0.3) is 0 Å². The van der Waals surface area contributed by atoms with Crippen LogP contribution in [0.5, 0.6) is 5.75 Å². The molecule has 3 nitrogen and oxygen atoms in total. The average Bonchev–Trinajstić information content (AvgIpc) is 2.48. The van der Waals surface area contributed by atoms with Crippen LogP contribution in [-0.2, 0) is 0 Å². The largest absolute Gasteiger partial charge is 0.508 e. The lowest BCUT2D eigenvalue weighted by Crippen LogP contribution is -2.30. The molecule has 0 aliphatic carbocycles. The maximum Gasteiger partial charge on any atom is 0.255 e. The smallest absolute Gasteiger partial charge is 0.255 e. The second-order valence-electron chi connectivity index (χ2n) is 5.12. The van der Waals surface area contributed by atoms with E-state index >= 15 is 0 Å². The molecule has 1 amide bonds. The Bertz CT molecular complexity index is 652. The molecule has 0 bridgehead atoms. The van der Waals surface area contributed by atoms with Crippen molar-refractivity contribution in [3.63, 3.8) is 0 Å². The molecule has 0 saturated carbocycles. The number of phenolic OH excluding ortho intramolecular Hbond substituents is 1. The molecule has 110 valence electrons. The van der Waals surface area contributed by atoms with Gasteiger partial charge < -0.3 is 10.0 Å². The highest BCUT2D eigenvalue weighted by atomic mass is 35.5. The first kappa shape index (κ1) is 15.4. The number of benzene rings is 2. The van der Waals surface area contributed by atoms with Gasteiger partial charge in [-0.1, -0.05) is 35.9 Å². The van der Waals surface area contributed by atoms with E-state index in [4.69, 9.17) is 11.6 Å². The lowest BCUT2D eigenvalue weighted by molar-refractivity contribution is 0.0742. The van der Waals surface area contributed by atoms with E-state index in [0.717, 1.165) is 11.1 Å². The Morgan fingerprint density at radius 2 is 1.81 bits per heavy atom. The van der Waals surface area contributed by atoms with E-state index in [1.54, 1.807) is 30.1 Å². The van der Waals surface area contributed by atoms with Crippen LogP contribution in [0.2, 0.25) is 5.02 Å². The van der Waals surface area contributed by atoms with Crippen LogP contribution < -0.4 is 0 Å². The van der Waals surface area contributed by atoms with Gasteiger partial charge in [0, 0.05) is 7.05 Å². The molecule has 0 aliphatic heterocycles. The van der Waals surface area contributed by atoms with Gasteiger partial charge in [0.15, 0.2) is 0 Å². The zero-order valence-corrected chi connectivity index (χ0v) is 13.1. The minimum atomic E-state index is -0.121. The third-order valence-corrected chi connectivity index (χ3v) is 4.20. The van der Waals surface area contributed by atoms with Gasteiger partial charge >= 0.3 is 0 Å². The van der Waals surface area contributed by atoms with Crippen LogP contribution in [-0.4, -0.2) is 23.0 Å². The molecule has 0 fully saturated rings. The molecule has 21 heavy (non-hydrogen) atoms. The van der Waals surface area contributed by atoms with E-state index in [2.05, 4.69) is 0 Å². The molecule has 2 rings (SSSR count). The standard InChI is InChI=1S/C17H18ClNO2/c1-11-5-4-6-15(16(11)18)17(21)19(3)12(2)13-7-9-14(20)10-8-13/h4-10,12,20H,1-3H3. The summed E-state index contributed by atoms with van der Waals surface area (Å²) in [5, 5.41) is 9.83. The Kier molecular flexibility index (Phi) is 4.53. The van der Waals surface area contributed by atoms with Gasteiger partial charge in [0.25, 0.3) is 5.91 Å². The van der Waals surface area contributed by atoms with Crippen LogP contribution in [0.1, 0.15) is 34.5 Å². The third kappa shape index (κ3) is 3.19. The summed E-state index contributed by atoms with van der Waals surface area (Å²) in [7, 11) is 1.75. The fourth-order valence-corrected chi connectivity index (χ4v) is 2.36. The summed E-state index contributed by atoms with van der Waals surface area (Å²) in [6, 6.07) is 12.2. The van der Waals surface area contributed by atoms with Crippen LogP contribution in [0.15, 0.2) is 42.5 Å². The van der Waals surface area contributed by atoms with Crippen molar-refractivity contribution in [1.82, 2.24) is 4.90 Å². The van der Waals surface area contributed by atoms with Crippen LogP contribution >= 0.6 is 11.6 Å². The molecule has 0 aliphatic rings. The topological polar surface area (TPSA) is 40.5 Å². The summed E-state index contributed by atoms with van der Waals surface area (Å²) < 4.78 is 0. The number of aryl methyl sites for hydroxylation is 1. The van der Waals surface area contributed by atoms with Crippen molar-refractivity contribution in [3.05, 3.63) is 64.2 Å². The van der Waals surface area contributed by atoms with Gasteiger partial charge in [-0.15, -0.1) is 0 Å². The summed E-state index contributed by atoms with van der Waals surface area (Å²) in [6.07, 6.45) is 0. The van der Waals surface area contributed by atoms with E-state index in [0.29, 0.717) is 10.6 Å². The Labute approximate surface area is 129 Å². The maximum atomic E-state index is 12.6. The predicted molar refractivity (Wildman–Crippen MR) is 84.8 cm³/mol. The monoisotopic (exact) mass is 303 g/mol. The lowest BCUT2D eigenvalue weighted by atomic mass is 10.1. The first-order chi connectivity index (χ1) is 9.91. The zero-order valence-electron chi connectivity index (χ0n) is 12.3. The van der Waals surface area contributed by atoms with E-state index < -0.39 is 0 Å². The fourth-order valence-electron chi connectivity index (χ4n) is 2.15. The number of nitrogens with zero attached hydrogens (tertiary/aromatic N) is 1. The molecule has 1 atom stereocenters. The number of carbonyl (C=O) groups excluding carboxylic acids is 1. The first-order valence-corrected chi connectivity index (χ1v) is 7.11. The van der Waals surface area contributed by atoms with Crippen molar-refractivity contribution < 1.29 is 9.90 Å². The molecule has 4 heteroatoms. The Hall–Kier alpha value is -2.00. The zero-order chi connectivity index (χ0) is 15.6. The van der Waals surface area contributed by atoms with Gasteiger partial charge in [-0.05, 0) is 43.2 Å². The van der Waals surface area contributed by atoms with Gasteiger partial charge in [0.1, 0.15) is 5.75 Å². The number of hydrogen-bond donors (Lipinski definition) is 1. The van der Waals surface area contributed by atoms with Crippen molar-refractivity contribution in [2.45, 2.75) is 19.9 Å². The minimum absolute atomic E-state index is 0.116. The average molecular weight is 304 g/mol. The van der Waals surface area contributed by atoms with Crippen molar-refractivity contribution in [3.8, 4) is 5.75 Å². The SMILES string of the molecule is Cc1cccc(C(=O)N(C)C(C)c2ccc(O)cc2)c1Cl. The number of hydrogen-bond acceptors (Lipinski definition) is 2. The van der Waals surface area contributed by atoms with Gasteiger partial charge in [0.05, 0.1) is 16.6 Å². The summed E-state index contributed by atoms with van der Waals surface area (Å²) in [6.45, 7) is 3.82. The number of phenols is 1. The number of carbonyl (C=O) groups is 1. The summed E-state index contributed by atoms with van der Waals surface area (Å²) in [5.74, 6) is 0.0888. The van der Waals surface area contributed by atoms with Gasteiger partial charge in [0.2, 0.25) is 0 Å². The van der Waals surface area contributed by atoms with Crippen molar-refractivity contribution in [1.29, 1.82) is 0 Å². The van der Waals surface area contributed by atoms with Gasteiger partial charge in [-0.2, -0.15) is 0 Å². The van der Waals surface area contributed by atoms with Crippen molar-refractivity contribution in [2.75, 3.05) is 7.05 Å². The molecule has 1 N–H and O–H groups in total. The van der Waals surface area contributed by atoms with E-state index in [1.165, 1.54) is 0 Å². The summed E-state index contributed by atoms with van der Waals surface area (Å²) in [4.78, 5) is 14.2. The lowest BCUT2D eigenvalue weighted by Gasteiger charge is -2.26. The molecule has 0 saturated heterocycles. The Morgan fingerprint density at radius 1 is 1.19 bits per heavy atom. The van der Waals surface area contributed by atoms with Crippen molar-refractivity contribution in [2.24, 2.45) is 0 Å². The third-order valence-electron chi connectivity index (χ3n) is 3.70. The van der Waals surface area contributed by atoms with E-state index in [1.807, 2.05) is 38.1 Å². The second kappa shape index (κ2) is 6.19. The van der Waals surface area contributed by atoms with Gasteiger partial charge in [-0.25, -0.2) is 0 Å². The Morgan fingerprint density at radius 3 is 2.43 bits per heavy atom.